The van der Waals surface area contributed by atoms with Gasteiger partial charge in [0.15, 0.2) is 0 Å². The predicted octanol–water partition coefficient (Wildman–Crippen LogP) is 7.17. The molecule has 0 radical (unpaired) electrons. The number of nitrogens with zero attached hydrogens (tertiary/aromatic N) is 2. The van der Waals surface area contributed by atoms with Crippen LogP contribution < -0.4 is 10.2 Å². The summed E-state index contributed by atoms with van der Waals surface area (Å²) in [6.45, 7) is 14.3. The summed E-state index contributed by atoms with van der Waals surface area (Å²) < 4.78 is 0. The van der Waals surface area contributed by atoms with Gasteiger partial charge in [0, 0.05) is 39.3 Å². The monoisotopic (exact) mass is 483 g/mol. The molecule has 0 unspecified atom stereocenters. The van der Waals surface area contributed by atoms with Crippen LogP contribution in [-0.2, 0) is 5.54 Å². The van der Waals surface area contributed by atoms with E-state index in [4.69, 9.17) is 0 Å². The van der Waals surface area contributed by atoms with E-state index in [9.17, 15) is 0 Å². The molecule has 1 N–H and O–H groups in total. The molecule has 2 aromatic rings. The Bertz CT molecular complexity index is 1060. The van der Waals surface area contributed by atoms with Gasteiger partial charge in [-0.25, -0.2) is 0 Å². The van der Waals surface area contributed by atoms with E-state index in [1.165, 1.54) is 60.0 Å². The molecular formula is C33H45N3. The van der Waals surface area contributed by atoms with Gasteiger partial charge in [-0.05, 0) is 79.7 Å². The topological polar surface area (TPSA) is 18.5 Å². The Morgan fingerprint density at radius 2 is 1.72 bits per heavy atom. The zero-order chi connectivity index (χ0) is 26.5. The Morgan fingerprint density at radius 1 is 1.08 bits per heavy atom. The molecule has 4 rings (SSSR count). The predicted molar refractivity (Wildman–Crippen MR) is 156 cm³/mol. The number of anilines is 1. The first-order chi connectivity index (χ1) is 17.2. The number of nitrogens with one attached hydrogen (secondary N) is 1. The highest BCUT2D eigenvalue weighted by molar-refractivity contribution is 5.56. The van der Waals surface area contributed by atoms with Crippen LogP contribution in [-0.4, -0.2) is 32.6 Å². The van der Waals surface area contributed by atoms with E-state index in [0.29, 0.717) is 0 Å². The maximum Gasteiger partial charge on any atom is 0.0940 e. The van der Waals surface area contributed by atoms with Crippen LogP contribution in [0, 0.1) is 25.7 Å². The van der Waals surface area contributed by atoms with Crippen LogP contribution in [0.4, 0.5) is 5.69 Å². The van der Waals surface area contributed by atoms with Crippen molar-refractivity contribution < 1.29 is 0 Å². The lowest BCUT2D eigenvalue weighted by Gasteiger charge is -2.41. The van der Waals surface area contributed by atoms with Gasteiger partial charge in [0.2, 0.25) is 0 Å². The first-order valence-corrected chi connectivity index (χ1v) is 13.3. The zero-order valence-electron chi connectivity index (χ0n) is 23.1. The lowest BCUT2D eigenvalue weighted by Crippen LogP contribution is -2.46. The van der Waals surface area contributed by atoms with Crippen LogP contribution in [0.15, 0.2) is 67.5 Å². The molecule has 2 aromatic carbocycles. The summed E-state index contributed by atoms with van der Waals surface area (Å²) in [6.07, 6.45) is 16.9. The maximum absolute atomic E-state index is 4.32. The number of hydrogen-bond donors (Lipinski definition) is 1. The number of aryl methyl sites for hydroxylation is 1. The summed E-state index contributed by atoms with van der Waals surface area (Å²) in [6, 6.07) is 16.2. The van der Waals surface area contributed by atoms with Gasteiger partial charge in [0.25, 0.3) is 0 Å². The number of benzene rings is 2. The van der Waals surface area contributed by atoms with Crippen molar-refractivity contribution in [2.75, 3.05) is 32.6 Å². The fraction of sp³-hybridized carbons (Fsp3) is 0.455. The second kappa shape index (κ2) is 11.7. The summed E-state index contributed by atoms with van der Waals surface area (Å²) in [5.74, 6) is 2.58. The average Bonchev–Trinajstić information content (AvgIpc) is 3.69. The summed E-state index contributed by atoms with van der Waals surface area (Å²) in [4.78, 5) is 4.50. The molecule has 2 saturated carbocycles. The molecule has 2 fully saturated rings. The third kappa shape index (κ3) is 5.98. The van der Waals surface area contributed by atoms with E-state index in [-0.39, 0.29) is 5.92 Å². The minimum Gasteiger partial charge on any atom is -0.374 e. The van der Waals surface area contributed by atoms with E-state index in [1.54, 1.807) is 0 Å². The van der Waals surface area contributed by atoms with Gasteiger partial charge in [-0.2, -0.15) is 0 Å². The molecule has 0 bridgehead atoms. The second-order valence-electron chi connectivity index (χ2n) is 11.0. The maximum atomic E-state index is 4.32. The Kier molecular flexibility index (Phi) is 8.96. The molecule has 0 saturated heterocycles. The molecule has 3 heteroatoms. The van der Waals surface area contributed by atoms with Crippen molar-refractivity contribution in [3.8, 4) is 12.8 Å². The van der Waals surface area contributed by atoms with Crippen molar-refractivity contribution in [2.24, 2.45) is 5.92 Å². The molecule has 36 heavy (non-hydrogen) atoms. The van der Waals surface area contributed by atoms with Crippen molar-refractivity contribution >= 4 is 5.69 Å². The van der Waals surface area contributed by atoms with Crippen LogP contribution in [0.1, 0.15) is 73.1 Å². The summed E-state index contributed by atoms with van der Waals surface area (Å²) in [5.41, 5.74) is 6.25. The molecule has 0 aromatic heterocycles. The molecule has 2 atom stereocenters. The highest BCUT2D eigenvalue weighted by Gasteiger charge is 2.37. The van der Waals surface area contributed by atoms with Crippen molar-refractivity contribution in [1.82, 2.24) is 10.2 Å². The highest BCUT2D eigenvalue weighted by Crippen LogP contribution is 2.43. The minimum atomic E-state index is -0.399. The zero-order valence-corrected chi connectivity index (χ0v) is 23.1. The molecule has 0 heterocycles. The Morgan fingerprint density at radius 3 is 2.22 bits per heavy atom. The van der Waals surface area contributed by atoms with Crippen LogP contribution in [0.3, 0.4) is 0 Å². The van der Waals surface area contributed by atoms with Gasteiger partial charge in [-0.15, -0.1) is 19.4 Å². The second-order valence-corrected chi connectivity index (χ2v) is 11.0. The van der Waals surface area contributed by atoms with Crippen molar-refractivity contribution in [3.05, 3.63) is 89.8 Å². The smallest absolute Gasteiger partial charge is 0.0940 e. The molecule has 192 valence electrons. The minimum absolute atomic E-state index is 0.0879. The van der Waals surface area contributed by atoms with Gasteiger partial charge < -0.3 is 15.1 Å². The van der Waals surface area contributed by atoms with Gasteiger partial charge in [-0.1, -0.05) is 55.5 Å². The molecule has 3 nitrogen and oxygen atoms in total. The normalized spacial score (nSPS) is 17.4. The molecule has 0 aliphatic heterocycles. The fourth-order valence-electron chi connectivity index (χ4n) is 5.34. The first kappa shape index (κ1) is 27.5. The lowest BCUT2D eigenvalue weighted by molar-refractivity contribution is 0.313. The third-order valence-electron chi connectivity index (χ3n) is 8.12. The molecule has 0 spiro atoms. The van der Waals surface area contributed by atoms with Gasteiger partial charge in [-0.3, -0.25) is 0 Å². The highest BCUT2D eigenvalue weighted by atomic mass is 15.2. The standard InChI is InChI=1S/C31H43N3.C2H2/c1-8-29(27-17-15-26(16-18-27)25-13-14-25)31(4,32-23(3)33(5)6)28-19-12-22(2)30(20-28)34(7)21-24-10-9-11-24;1-2/h8,12,15-20,24-25,29,32H,1,3,9-11,13-14,21H2,2,4-7H3;1-2H/t29-,31-;/m1./s1. The van der Waals surface area contributed by atoms with Crippen LogP contribution in [0.2, 0.25) is 0 Å². The Balaban J connectivity index is 0.00000176. The fourth-order valence-corrected chi connectivity index (χ4v) is 5.34. The number of terminal acetylenes is 1. The Labute approximate surface area is 220 Å². The van der Waals surface area contributed by atoms with E-state index in [1.807, 2.05) is 19.0 Å². The number of hydrogen-bond acceptors (Lipinski definition) is 3. The summed E-state index contributed by atoms with van der Waals surface area (Å²) >= 11 is 0. The van der Waals surface area contributed by atoms with E-state index < -0.39 is 5.54 Å². The third-order valence-corrected chi connectivity index (χ3v) is 8.12. The molecule has 0 amide bonds. The summed E-state index contributed by atoms with van der Waals surface area (Å²) in [5, 5.41) is 3.80. The summed E-state index contributed by atoms with van der Waals surface area (Å²) in [7, 11) is 6.32. The van der Waals surface area contributed by atoms with Crippen LogP contribution in [0.25, 0.3) is 0 Å². The SMILES string of the molecule is C#C.C=C[C@H](c1ccc(C2CC2)cc1)[C@](C)(NC(=C)N(C)C)c1ccc(C)c(N(C)CC2CCC2)c1. The van der Waals surface area contributed by atoms with Crippen LogP contribution in [0.5, 0.6) is 0 Å². The van der Waals surface area contributed by atoms with Crippen molar-refractivity contribution in [2.45, 2.75) is 63.3 Å². The van der Waals surface area contributed by atoms with Crippen LogP contribution >= 0.6 is 0 Å². The van der Waals surface area contributed by atoms with Gasteiger partial charge in [0.05, 0.1) is 11.4 Å². The molecule has 2 aliphatic rings. The largest absolute Gasteiger partial charge is 0.374 e. The average molecular weight is 484 g/mol. The quantitative estimate of drug-likeness (QED) is 0.270. The lowest BCUT2D eigenvalue weighted by atomic mass is 9.75. The van der Waals surface area contributed by atoms with E-state index in [2.05, 4.69) is 106 Å². The van der Waals surface area contributed by atoms with Crippen molar-refractivity contribution in [3.63, 3.8) is 0 Å². The Hall–Kier alpha value is -3.12. The van der Waals surface area contributed by atoms with Gasteiger partial charge >= 0.3 is 0 Å². The van der Waals surface area contributed by atoms with E-state index >= 15 is 0 Å². The van der Waals surface area contributed by atoms with Crippen molar-refractivity contribution in [1.29, 1.82) is 0 Å². The van der Waals surface area contributed by atoms with Gasteiger partial charge in [0.1, 0.15) is 0 Å². The number of rotatable bonds is 11. The van der Waals surface area contributed by atoms with E-state index in [0.717, 1.165) is 24.2 Å². The molecule has 2 aliphatic carbocycles. The molecular weight excluding hydrogens is 438 g/mol. The first-order valence-electron chi connectivity index (χ1n) is 13.3.